The summed E-state index contributed by atoms with van der Waals surface area (Å²) in [6, 6.07) is 13.2. The van der Waals surface area contributed by atoms with Crippen molar-refractivity contribution in [2.45, 2.75) is 36.1 Å². The van der Waals surface area contributed by atoms with Crippen LogP contribution >= 0.6 is 11.8 Å². The van der Waals surface area contributed by atoms with E-state index >= 15 is 0 Å². The molecule has 1 aliphatic carbocycles. The molecule has 106 valence electrons. The molecule has 3 nitrogen and oxygen atoms in total. The third kappa shape index (κ3) is 3.17. The zero-order valence-corrected chi connectivity index (χ0v) is 12.4. The second kappa shape index (κ2) is 6.17. The van der Waals surface area contributed by atoms with E-state index in [1.807, 2.05) is 30.0 Å². The van der Waals surface area contributed by atoms with Crippen molar-refractivity contribution in [1.29, 1.82) is 5.26 Å². The van der Waals surface area contributed by atoms with E-state index in [0.717, 1.165) is 31.0 Å². The van der Waals surface area contributed by atoms with E-state index in [1.54, 1.807) is 0 Å². The van der Waals surface area contributed by atoms with Crippen LogP contribution in [0.4, 0.5) is 0 Å². The van der Waals surface area contributed by atoms with Gasteiger partial charge in [-0.25, -0.2) is 0 Å². The second-order valence-corrected chi connectivity index (χ2v) is 6.99. The lowest BCUT2D eigenvalue weighted by molar-refractivity contribution is 0.0455. The Balaban J connectivity index is 1.69. The van der Waals surface area contributed by atoms with Crippen molar-refractivity contribution in [3.8, 4) is 6.07 Å². The Morgan fingerprint density at radius 1 is 1.30 bits per heavy atom. The number of hydrogen-bond donors (Lipinski definition) is 1. The third-order valence-electron chi connectivity index (χ3n) is 3.92. The summed E-state index contributed by atoms with van der Waals surface area (Å²) in [5, 5.41) is 14.0. The average Bonchev–Trinajstić information content (AvgIpc) is 3.25. The van der Waals surface area contributed by atoms with Crippen LogP contribution in [0.3, 0.4) is 0 Å². The fourth-order valence-electron chi connectivity index (χ4n) is 2.44. The van der Waals surface area contributed by atoms with Gasteiger partial charge in [0, 0.05) is 6.04 Å². The smallest absolute Gasteiger partial charge is 0.133 e. The van der Waals surface area contributed by atoms with Crippen LogP contribution in [0.15, 0.2) is 30.3 Å². The molecule has 1 saturated heterocycles. The number of rotatable bonds is 7. The summed E-state index contributed by atoms with van der Waals surface area (Å²) in [7, 11) is 0. The zero-order chi connectivity index (χ0) is 13.8. The first-order chi connectivity index (χ1) is 9.82. The van der Waals surface area contributed by atoms with Crippen LogP contribution in [0.5, 0.6) is 0 Å². The van der Waals surface area contributed by atoms with Crippen LogP contribution in [-0.2, 0) is 10.3 Å². The second-order valence-electron chi connectivity index (χ2n) is 5.58. The number of nitriles is 1. The van der Waals surface area contributed by atoms with Gasteiger partial charge in [-0.2, -0.15) is 17.0 Å². The SMILES string of the molecule is N#CC(CCSC1COC1)(NC1CC1)c1ccccc1. The maximum atomic E-state index is 9.80. The van der Waals surface area contributed by atoms with Gasteiger partial charge in [-0.15, -0.1) is 0 Å². The molecule has 1 aromatic carbocycles. The van der Waals surface area contributed by atoms with E-state index in [1.165, 1.54) is 12.8 Å². The standard InChI is InChI=1S/C16H20N2OS/c17-12-16(18-14-6-7-14,13-4-2-1-3-5-13)8-9-20-15-10-19-11-15/h1-5,14-15,18H,6-11H2. The van der Waals surface area contributed by atoms with Gasteiger partial charge in [0.1, 0.15) is 5.54 Å². The van der Waals surface area contributed by atoms with Gasteiger partial charge in [0.25, 0.3) is 0 Å². The summed E-state index contributed by atoms with van der Waals surface area (Å²) in [5.41, 5.74) is 0.569. The molecule has 1 unspecified atom stereocenters. The molecule has 0 spiro atoms. The lowest BCUT2D eigenvalue weighted by Crippen LogP contribution is -2.43. The maximum absolute atomic E-state index is 9.80. The molecule has 3 rings (SSSR count). The van der Waals surface area contributed by atoms with Crippen LogP contribution in [0.2, 0.25) is 0 Å². The summed E-state index contributed by atoms with van der Waals surface area (Å²) in [6.07, 6.45) is 3.24. The molecule has 1 aliphatic heterocycles. The summed E-state index contributed by atoms with van der Waals surface area (Å²) >= 11 is 1.93. The van der Waals surface area contributed by atoms with Gasteiger partial charge in [0.05, 0.1) is 24.5 Å². The van der Waals surface area contributed by atoms with Crippen molar-refractivity contribution in [1.82, 2.24) is 5.32 Å². The first-order valence-corrected chi connectivity index (χ1v) is 8.31. The van der Waals surface area contributed by atoms with Crippen molar-refractivity contribution < 1.29 is 4.74 Å². The first kappa shape index (κ1) is 13.9. The van der Waals surface area contributed by atoms with Crippen molar-refractivity contribution >= 4 is 11.8 Å². The van der Waals surface area contributed by atoms with Crippen LogP contribution in [0, 0.1) is 11.3 Å². The van der Waals surface area contributed by atoms with Gasteiger partial charge in [-0.3, -0.25) is 5.32 Å². The Morgan fingerprint density at radius 2 is 2.05 bits per heavy atom. The largest absolute Gasteiger partial charge is 0.379 e. The highest BCUT2D eigenvalue weighted by Gasteiger charge is 2.37. The van der Waals surface area contributed by atoms with Gasteiger partial charge in [-0.05, 0) is 30.6 Å². The lowest BCUT2D eigenvalue weighted by atomic mass is 9.88. The highest BCUT2D eigenvalue weighted by molar-refractivity contribution is 8.00. The molecule has 1 saturated carbocycles. The maximum Gasteiger partial charge on any atom is 0.133 e. The molecule has 2 fully saturated rings. The highest BCUT2D eigenvalue weighted by atomic mass is 32.2. The minimum atomic E-state index is -0.528. The number of nitrogens with zero attached hydrogens (tertiary/aromatic N) is 1. The quantitative estimate of drug-likeness (QED) is 0.838. The van der Waals surface area contributed by atoms with E-state index in [4.69, 9.17) is 4.74 Å². The Morgan fingerprint density at radius 3 is 2.60 bits per heavy atom. The molecule has 1 heterocycles. The van der Waals surface area contributed by atoms with E-state index in [-0.39, 0.29) is 0 Å². The van der Waals surface area contributed by atoms with Gasteiger partial charge in [0.2, 0.25) is 0 Å². The Hall–Kier alpha value is -1.02. The fraction of sp³-hybridized carbons (Fsp3) is 0.562. The summed E-state index contributed by atoms with van der Waals surface area (Å²) in [5.74, 6) is 0.996. The minimum Gasteiger partial charge on any atom is -0.379 e. The molecule has 1 atom stereocenters. The molecule has 2 aliphatic rings. The Kier molecular flexibility index (Phi) is 4.30. The van der Waals surface area contributed by atoms with E-state index < -0.39 is 5.54 Å². The number of thioether (sulfide) groups is 1. The van der Waals surface area contributed by atoms with Crippen LogP contribution < -0.4 is 5.32 Å². The Labute approximate surface area is 124 Å². The predicted octanol–water partition coefficient (Wildman–Crippen LogP) is 2.68. The van der Waals surface area contributed by atoms with Gasteiger partial charge < -0.3 is 4.74 Å². The van der Waals surface area contributed by atoms with Crippen molar-refractivity contribution in [2.24, 2.45) is 0 Å². The number of hydrogen-bond acceptors (Lipinski definition) is 4. The van der Waals surface area contributed by atoms with Gasteiger partial charge in [-0.1, -0.05) is 30.3 Å². The molecule has 1 aromatic rings. The van der Waals surface area contributed by atoms with Crippen LogP contribution in [0.1, 0.15) is 24.8 Å². The minimum absolute atomic E-state index is 0.520. The van der Waals surface area contributed by atoms with Gasteiger partial charge in [0.15, 0.2) is 0 Å². The molecule has 0 aromatic heterocycles. The lowest BCUT2D eigenvalue weighted by Gasteiger charge is -2.31. The van der Waals surface area contributed by atoms with Crippen LogP contribution in [-0.4, -0.2) is 30.3 Å². The summed E-state index contributed by atoms with van der Waals surface area (Å²) in [4.78, 5) is 0. The zero-order valence-electron chi connectivity index (χ0n) is 11.5. The summed E-state index contributed by atoms with van der Waals surface area (Å²) < 4.78 is 5.20. The fourth-order valence-corrected chi connectivity index (χ4v) is 3.58. The highest BCUT2D eigenvalue weighted by Crippen LogP contribution is 2.33. The van der Waals surface area contributed by atoms with E-state index in [0.29, 0.717) is 11.3 Å². The topological polar surface area (TPSA) is 45.0 Å². The monoisotopic (exact) mass is 288 g/mol. The number of benzene rings is 1. The van der Waals surface area contributed by atoms with E-state index in [9.17, 15) is 5.26 Å². The molecule has 0 amide bonds. The predicted molar refractivity (Wildman–Crippen MR) is 81.6 cm³/mol. The molecule has 4 heteroatoms. The molecular weight excluding hydrogens is 268 g/mol. The van der Waals surface area contributed by atoms with Crippen molar-refractivity contribution in [2.75, 3.05) is 19.0 Å². The Bertz CT molecular complexity index is 479. The third-order valence-corrected chi connectivity index (χ3v) is 5.11. The van der Waals surface area contributed by atoms with E-state index in [2.05, 4.69) is 23.5 Å². The van der Waals surface area contributed by atoms with Crippen LogP contribution in [0.25, 0.3) is 0 Å². The average molecular weight is 288 g/mol. The van der Waals surface area contributed by atoms with Crippen molar-refractivity contribution in [3.63, 3.8) is 0 Å². The molecular formula is C16H20N2OS. The normalized spacial score (nSPS) is 21.8. The first-order valence-electron chi connectivity index (χ1n) is 7.26. The molecule has 1 N–H and O–H groups in total. The number of ether oxygens (including phenoxy) is 1. The summed E-state index contributed by atoms with van der Waals surface area (Å²) in [6.45, 7) is 1.73. The molecule has 0 radical (unpaired) electrons. The van der Waals surface area contributed by atoms with Crippen molar-refractivity contribution in [3.05, 3.63) is 35.9 Å². The molecule has 0 bridgehead atoms. The molecule has 20 heavy (non-hydrogen) atoms. The van der Waals surface area contributed by atoms with Gasteiger partial charge >= 0.3 is 0 Å². The number of nitrogens with one attached hydrogen (secondary N) is 1.